The third-order valence-electron chi connectivity index (χ3n) is 12.3. The molecule has 19 nitrogen and oxygen atoms in total. The topological polar surface area (TPSA) is 289 Å². The highest BCUT2D eigenvalue weighted by Crippen LogP contribution is 2.24. The zero-order chi connectivity index (χ0) is 50.0. The van der Waals surface area contributed by atoms with Crippen molar-refractivity contribution in [1.82, 2.24) is 31.1 Å². The van der Waals surface area contributed by atoms with Crippen molar-refractivity contribution >= 4 is 64.4 Å². The lowest BCUT2D eigenvalue weighted by molar-refractivity contribution is -0.145. The van der Waals surface area contributed by atoms with Crippen LogP contribution in [0.4, 0.5) is 0 Å². The number of likely N-dealkylation sites (tertiary alicyclic amines) is 1. The van der Waals surface area contributed by atoms with Crippen molar-refractivity contribution in [1.29, 1.82) is 0 Å². The van der Waals surface area contributed by atoms with Gasteiger partial charge >= 0.3 is 0 Å². The van der Waals surface area contributed by atoms with E-state index in [9.17, 15) is 57.8 Å². The van der Waals surface area contributed by atoms with Gasteiger partial charge < -0.3 is 46.7 Å². The number of hydrogen-bond donors (Lipinski definition) is 6. The standard InChI is InChI=1S/C47H77N7O12/c1-10-53(28(6)7)47(66)36-12-11-19-54(36)43(63)18-15-37(57)30(9)50-45(64)31(20-26(2)3)23-40(60)44(27(4)5)52-46(65)32(21-29(8)55)22-39(59)34(13-16-41(48)61)51-42(62)17-14-38(58)35-24-33(56)25-49-35/h26-28,30-36,44,49,56H,10-25H2,1-9H3,(H2,48,61)(H,50,64)(H,51,62)(H,52,65)/t30-,31+,32+,33+,34-,35-,36-,44-/m0/s1. The van der Waals surface area contributed by atoms with Crippen LogP contribution in [0.2, 0.25) is 0 Å². The summed E-state index contributed by atoms with van der Waals surface area (Å²) in [6.07, 6.45) is -1.45. The lowest BCUT2D eigenvalue weighted by Crippen LogP contribution is -2.50. The molecule has 6 amide bonds. The number of nitrogens with one attached hydrogen (secondary N) is 4. The van der Waals surface area contributed by atoms with Gasteiger partial charge in [0.05, 0.1) is 36.2 Å². The summed E-state index contributed by atoms with van der Waals surface area (Å²) in [6.45, 7) is 16.7. The number of nitrogens with zero attached hydrogens (tertiary/aromatic N) is 2. The number of aliphatic hydroxyl groups is 1. The van der Waals surface area contributed by atoms with E-state index in [4.69, 9.17) is 5.73 Å². The number of amides is 6. The largest absolute Gasteiger partial charge is 0.392 e. The fourth-order valence-corrected chi connectivity index (χ4v) is 8.63. The molecule has 19 heteroatoms. The summed E-state index contributed by atoms with van der Waals surface area (Å²) in [5.74, 6) is -8.17. The molecule has 2 rings (SSSR count). The van der Waals surface area contributed by atoms with Gasteiger partial charge in [-0.1, -0.05) is 27.7 Å². The predicted octanol–water partition coefficient (Wildman–Crippen LogP) is 1.23. The molecule has 0 saturated carbocycles. The molecule has 372 valence electrons. The second-order valence-electron chi connectivity index (χ2n) is 19.1. The minimum Gasteiger partial charge on any atom is -0.392 e. The lowest BCUT2D eigenvalue weighted by Gasteiger charge is -2.32. The summed E-state index contributed by atoms with van der Waals surface area (Å²) < 4.78 is 0. The van der Waals surface area contributed by atoms with E-state index in [-0.39, 0.29) is 100 Å². The molecule has 2 saturated heterocycles. The van der Waals surface area contributed by atoms with Crippen LogP contribution in [0.25, 0.3) is 0 Å². The number of aliphatic hydroxyl groups excluding tert-OH is 1. The molecule has 66 heavy (non-hydrogen) atoms. The second kappa shape index (κ2) is 27.7. The number of primary amides is 1. The van der Waals surface area contributed by atoms with Gasteiger partial charge in [0.25, 0.3) is 0 Å². The number of rotatable bonds is 30. The van der Waals surface area contributed by atoms with Gasteiger partial charge in [0.1, 0.15) is 17.6 Å². The van der Waals surface area contributed by atoms with Crippen LogP contribution in [0.5, 0.6) is 0 Å². The number of carbonyl (C=O) groups is 11. The fraction of sp³-hybridized carbons (Fsp3) is 0.766. The minimum absolute atomic E-state index is 0.0260. The number of nitrogens with two attached hydrogens (primary N) is 1. The van der Waals surface area contributed by atoms with Gasteiger partial charge in [-0.05, 0) is 78.6 Å². The van der Waals surface area contributed by atoms with Crippen LogP contribution in [-0.4, -0.2) is 141 Å². The Morgan fingerprint density at radius 1 is 0.773 bits per heavy atom. The molecule has 2 heterocycles. The van der Waals surface area contributed by atoms with E-state index in [1.165, 1.54) is 13.8 Å². The molecule has 0 spiro atoms. The molecular weight excluding hydrogens is 855 g/mol. The Morgan fingerprint density at radius 3 is 1.95 bits per heavy atom. The molecule has 0 aromatic carbocycles. The van der Waals surface area contributed by atoms with Crippen LogP contribution in [0.1, 0.15) is 146 Å². The summed E-state index contributed by atoms with van der Waals surface area (Å²) >= 11 is 0. The molecule has 0 aromatic heterocycles. The quantitative estimate of drug-likeness (QED) is 0.0592. The lowest BCUT2D eigenvalue weighted by atomic mass is 9.86. The Hall–Kier alpha value is -4.91. The maximum atomic E-state index is 14.0. The Labute approximate surface area is 389 Å². The van der Waals surface area contributed by atoms with Gasteiger partial charge in [0.15, 0.2) is 17.3 Å². The number of likely N-dealkylation sites (N-methyl/N-ethyl adjacent to an activating group) is 1. The number of Topliss-reactive ketones (excluding diaryl/α,β-unsaturated/α-hetero) is 5. The van der Waals surface area contributed by atoms with Crippen molar-refractivity contribution in [2.24, 2.45) is 29.4 Å². The summed E-state index contributed by atoms with van der Waals surface area (Å²) in [5, 5.41) is 20.5. The van der Waals surface area contributed by atoms with Crippen LogP contribution >= 0.6 is 0 Å². The monoisotopic (exact) mass is 932 g/mol. The molecule has 7 N–H and O–H groups in total. The van der Waals surface area contributed by atoms with Crippen LogP contribution in [0, 0.1) is 23.7 Å². The third-order valence-corrected chi connectivity index (χ3v) is 12.3. The van der Waals surface area contributed by atoms with Crippen molar-refractivity contribution in [2.45, 2.75) is 188 Å². The van der Waals surface area contributed by atoms with E-state index in [2.05, 4.69) is 21.3 Å². The summed E-state index contributed by atoms with van der Waals surface area (Å²) in [6, 6.07) is -4.62. The van der Waals surface area contributed by atoms with E-state index < -0.39 is 107 Å². The predicted molar refractivity (Wildman–Crippen MR) is 244 cm³/mol. The van der Waals surface area contributed by atoms with E-state index in [0.717, 1.165) is 0 Å². The summed E-state index contributed by atoms with van der Waals surface area (Å²) in [5.41, 5.74) is 5.33. The van der Waals surface area contributed by atoms with Crippen molar-refractivity contribution < 1.29 is 57.8 Å². The molecule has 0 aromatic rings. The average molecular weight is 932 g/mol. The first-order valence-corrected chi connectivity index (χ1v) is 23.7. The molecular formula is C47H77N7O12. The molecule has 2 fully saturated rings. The molecule has 8 atom stereocenters. The zero-order valence-corrected chi connectivity index (χ0v) is 40.6. The van der Waals surface area contributed by atoms with Gasteiger partial charge in [-0.15, -0.1) is 0 Å². The highest BCUT2D eigenvalue weighted by molar-refractivity contribution is 5.98. The van der Waals surface area contributed by atoms with E-state index in [1.807, 2.05) is 34.6 Å². The normalized spacial score (nSPS) is 19.4. The van der Waals surface area contributed by atoms with Crippen LogP contribution in [-0.2, 0) is 52.7 Å². The third kappa shape index (κ3) is 18.8. The van der Waals surface area contributed by atoms with Gasteiger partial charge in [-0.25, -0.2) is 0 Å². The molecule has 0 radical (unpaired) electrons. The molecule has 2 aliphatic heterocycles. The van der Waals surface area contributed by atoms with E-state index in [0.29, 0.717) is 25.9 Å². The first kappa shape index (κ1) is 57.2. The van der Waals surface area contributed by atoms with Crippen molar-refractivity contribution in [2.75, 3.05) is 19.6 Å². The van der Waals surface area contributed by atoms with Gasteiger partial charge in [-0.3, -0.25) is 47.9 Å². The van der Waals surface area contributed by atoms with Crippen molar-refractivity contribution in [3.8, 4) is 0 Å². The van der Waals surface area contributed by atoms with E-state index >= 15 is 0 Å². The molecule has 0 bridgehead atoms. The number of ketones is 5. The Morgan fingerprint density at radius 2 is 1.41 bits per heavy atom. The highest BCUT2D eigenvalue weighted by atomic mass is 16.3. The summed E-state index contributed by atoms with van der Waals surface area (Å²) in [7, 11) is 0. The van der Waals surface area contributed by atoms with Gasteiger partial charge in [0, 0.05) is 83.0 Å². The number of carbonyl (C=O) groups excluding carboxylic acids is 11. The Kier molecular flexibility index (Phi) is 24.0. The van der Waals surface area contributed by atoms with E-state index in [1.54, 1.807) is 23.6 Å². The maximum absolute atomic E-state index is 14.0. The smallest absolute Gasteiger partial charge is 0.245 e. The second-order valence-corrected chi connectivity index (χ2v) is 19.1. The minimum atomic E-state index is -1.28. The molecule has 0 aliphatic carbocycles. The molecule has 0 unspecified atom stereocenters. The average Bonchev–Trinajstić information content (AvgIpc) is 3.91. The molecule has 2 aliphatic rings. The number of β-amino-alcohol motifs (C(OH)–C–C–N with tert-alkyl or cyclic N) is 1. The maximum Gasteiger partial charge on any atom is 0.245 e. The SMILES string of the molecule is CCN(C(=O)[C@@H]1CCCN1C(=O)CCC(=O)[C@H](C)NC(=O)[C@@H](CC(=O)[C@@H](NC(=O)[C@H](CC(C)=O)CC(=O)[C@H](CCC(N)=O)NC(=O)CCC(=O)[C@@H]1C[C@@H](O)CN1)C(C)C)CC(C)C)C(C)C. The van der Waals surface area contributed by atoms with Gasteiger partial charge in [0.2, 0.25) is 35.4 Å². The van der Waals surface area contributed by atoms with Crippen LogP contribution in [0.3, 0.4) is 0 Å². The summed E-state index contributed by atoms with van der Waals surface area (Å²) in [4.78, 5) is 148. The Balaban J connectivity index is 2.12. The first-order chi connectivity index (χ1) is 30.9. The van der Waals surface area contributed by atoms with Crippen LogP contribution in [0.15, 0.2) is 0 Å². The fourth-order valence-electron chi connectivity index (χ4n) is 8.63. The Bertz CT molecular complexity index is 1770. The zero-order valence-electron chi connectivity index (χ0n) is 40.6. The van der Waals surface area contributed by atoms with Crippen LogP contribution < -0.4 is 27.0 Å². The first-order valence-electron chi connectivity index (χ1n) is 23.7. The highest BCUT2D eigenvalue weighted by Gasteiger charge is 2.38. The van der Waals surface area contributed by atoms with Crippen molar-refractivity contribution in [3.05, 3.63) is 0 Å². The van der Waals surface area contributed by atoms with Gasteiger partial charge in [-0.2, -0.15) is 0 Å². The number of hydrogen-bond acceptors (Lipinski definition) is 13. The van der Waals surface area contributed by atoms with Crippen molar-refractivity contribution in [3.63, 3.8) is 0 Å².